The van der Waals surface area contributed by atoms with Crippen molar-refractivity contribution in [2.45, 2.75) is 58.0 Å². The Balaban J connectivity index is 2.80. The lowest BCUT2D eigenvalue weighted by atomic mass is 9.90. The zero-order chi connectivity index (χ0) is 11.6. The van der Waals surface area contributed by atoms with Crippen LogP contribution in [-0.2, 0) is 4.79 Å². The Bertz CT molecular complexity index is 267. The van der Waals surface area contributed by atoms with E-state index in [-0.39, 0.29) is 11.8 Å². The van der Waals surface area contributed by atoms with Crippen molar-refractivity contribution in [3.8, 4) is 0 Å². The monoisotopic (exact) mass is 213 g/mol. The van der Waals surface area contributed by atoms with Crippen LogP contribution in [0.25, 0.3) is 0 Å². The molecule has 0 unspecified atom stereocenters. The van der Waals surface area contributed by atoms with Crippen LogP contribution in [0.1, 0.15) is 46.5 Å². The zero-order valence-electron chi connectivity index (χ0n) is 9.62. The van der Waals surface area contributed by atoms with E-state index in [1.165, 1.54) is 4.90 Å². The molecule has 0 bridgehead atoms. The van der Waals surface area contributed by atoms with Gasteiger partial charge in [-0.1, -0.05) is 0 Å². The molecule has 0 heterocycles. The third-order valence-electron chi connectivity index (χ3n) is 2.75. The molecule has 1 saturated carbocycles. The molecule has 0 aliphatic heterocycles. The summed E-state index contributed by atoms with van der Waals surface area (Å²) >= 11 is 0. The van der Waals surface area contributed by atoms with E-state index in [1.807, 2.05) is 20.8 Å². The van der Waals surface area contributed by atoms with Gasteiger partial charge in [0.25, 0.3) is 0 Å². The summed E-state index contributed by atoms with van der Waals surface area (Å²) in [6.45, 7) is 5.58. The molecule has 1 amide bonds. The van der Waals surface area contributed by atoms with Gasteiger partial charge in [-0.15, -0.1) is 0 Å². The maximum atomic E-state index is 11.3. The lowest BCUT2D eigenvalue weighted by Gasteiger charge is -2.40. The van der Waals surface area contributed by atoms with Gasteiger partial charge in [0.1, 0.15) is 5.78 Å². The van der Waals surface area contributed by atoms with Crippen LogP contribution in [0.5, 0.6) is 0 Å². The van der Waals surface area contributed by atoms with Gasteiger partial charge in [-0.25, -0.2) is 4.79 Å². The molecule has 4 heteroatoms. The number of carboxylic acid groups (broad SMARTS) is 1. The van der Waals surface area contributed by atoms with Gasteiger partial charge < -0.3 is 10.0 Å². The fourth-order valence-electron chi connectivity index (χ4n) is 2.21. The minimum absolute atomic E-state index is 0.135. The van der Waals surface area contributed by atoms with Gasteiger partial charge in [0.05, 0.1) is 0 Å². The third kappa shape index (κ3) is 2.94. The molecule has 4 nitrogen and oxygen atoms in total. The van der Waals surface area contributed by atoms with E-state index < -0.39 is 11.6 Å². The Morgan fingerprint density at radius 3 is 2.47 bits per heavy atom. The smallest absolute Gasteiger partial charge is 0.407 e. The molecule has 0 aromatic heterocycles. The number of hydrogen-bond donors (Lipinski definition) is 1. The maximum absolute atomic E-state index is 11.3. The van der Waals surface area contributed by atoms with Crippen LogP contribution in [0, 0.1) is 0 Å². The summed E-state index contributed by atoms with van der Waals surface area (Å²) in [7, 11) is 0. The van der Waals surface area contributed by atoms with Crippen molar-refractivity contribution in [3.63, 3.8) is 0 Å². The van der Waals surface area contributed by atoms with Crippen LogP contribution in [0.15, 0.2) is 0 Å². The van der Waals surface area contributed by atoms with Gasteiger partial charge in [0.2, 0.25) is 0 Å². The van der Waals surface area contributed by atoms with Crippen molar-refractivity contribution >= 4 is 11.9 Å². The predicted molar refractivity (Wildman–Crippen MR) is 56.9 cm³/mol. The van der Waals surface area contributed by atoms with Gasteiger partial charge in [0, 0.05) is 24.4 Å². The molecule has 1 aliphatic rings. The topological polar surface area (TPSA) is 57.6 Å². The molecular formula is C11H19NO3. The highest BCUT2D eigenvalue weighted by Gasteiger charge is 2.35. The molecule has 1 fully saturated rings. The Kier molecular flexibility index (Phi) is 3.37. The summed E-state index contributed by atoms with van der Waals surface area (Å²) < 4.78 is 0. The highest BCUT2D eigenvalue weighted by molar-refractivity contribution is 5.80. The maximum Gasteiger partial charge on any atom is 0.407 e. The molecule has 1 rings (SSSR count). The summed E-state index contributed by atoms with van der Waals surface area (Å²) in [5.41, 5.74) is -0.436. The molecule has 0 aromatic carbocycles. The lowest BCUT2D eigenvalue weighted by molar-refractivity contribution is -0.122. The summed E-state index contributed by atoms with van der Waals surface area (Å²) in [5.74, 6) is 0.182. The van der Waals surface area contributed by atoms with Crippen molar-refractivity contribution in [1.82, 2.24) is 4.90 Å². The molecule has 15 heavy (non-hydrogen) atoms. The first kappa shape index (κ1) is 12.0. The first-order valence-corrected chi connectivity index (χ1v) is 5.36. The Morgan fingerprint density at radius 2 is 2.07 bits per heavy atom. The second-order valence-corrected chi connectivity index (χ2v) is 5.11. The summed E-state index contributed by atoms with van der Waals surface area (Å²) in [4.78, 5) is 23.9. The van der Waals surface area contributed by atoms with E-state index in [0.29, 0.717) is 12.8 Å². The second-order valence-electron chi connectivity index (χ2n) is 5.11. The first-order valence-electron chi connectivity index (χ1n) is 5.36. The zero-order valence-corrected chi connectivity index (χ0v) is 9.62. The molecule has 0 aromatic rings. The molecule has 1 N–H and O–H groups in total. The average molecular weight is 213 g/mol. The van der Waals surface area contributed by atoms with Crippen LogP contribution in [0.3, 0.4) is 0 Å². The highest BCUT2D eigenvalue weighted by Crippen LogP contribution is 2.26. The summed E-state index contributed by atoms with van der Waals surface area (Å²) in [6, 6.07) is -0.135. The van der Waals surface area contributed by atoms with Crippen LogP contribution < -0.4 is 0 Å². The average Bonchev–Trinajstić information content (AvgIpc) is 1.99. The van der Waals surface area contributed by atoms with Crippen LogP contribution in [-0.4, -0.2) is 33.5 Å². The van der Waals surface area contributed by atoms with Crippen molar-refractivity contribution in [1.29, 1.82) is 0 Å². The number of carbonyl (C=O) groups is 2. The van der Waals surface area contributed by atoms with Gasteiger partial charge in [0.15, 0.2) is 0 Å². The number of Topliss-reactive ketones (excluding diaryl/α,β-unsaturated/α-hetero) is 1. The molecule has 1 aliphatic carbocycles. The number of nitrogens with zero attached hydrogens (tertiary/aromatic N) is 1. The minimum atomic E-state index is -0.929. The quantitative estimate of drug-likeness (QED) is 0.727. The predicted octanol–water partition coefficient (Wildman–Crippen LogP) is 2.28. The fourth-order valence-corrected chi connectivity index (χ4v) is 2.21. The standard InChI is InChI=1S/C11H19NO3/c1-11(2,3)12(10(14)15)8-5-4-6-9(13)7-8/h8H,4-7H2,1-3H3,(H,14,15)/t8-/m1/s1. The van der Waals surface area contributed by atoms with E-state index >= 15 is 0 Å². The molecule has 1 atom stereocenters. The Morgan fingerprint density at radius 1 is 1.47 bits per heavy atom. The lowest BCUT2D eigenvalue weighted by Crippen LogP contribution is -2.52. The molecular weight excluding hydrogens is 194 g/mol. The van der Waals surface area contributed by atoms with Crippen molar-refractivity contribution in [2.24, 2.45) is 0 Å². The second kappa shape index (κ2) is 4.21. The largest absolute Gasteiger partial charge is 0.465 e. The number of amides is 1. The molecule has 0 radical (unpaired) electrons. The van der Waals surface area contributed by atoms with Gasteiger partial charge in [-0.3, -0.25) is 4.79 Å². The van der Waals surface area contributed by atoms with E-state index in [2.05, 4.69) is 0 Å². The van der Waals surface area contributed by atoms with Crippen molar-refractivity contribution in [3.05, 3.63) is 0 Å². The van der Waals surface area contributed by atoms with E-state index in [9.17, 15) is 9.59 Å². The summed E-state index contributed by atoms with van der Waals surface area (Å²) in [6.07, 6.45) is 1.67. The Labute approximate surface area is 90.3 Å². The Hall–Kier alpha value is -1.06. The van der Waals surface area contributed by atoms with Gasteiger partial charge in [-0.05, 0) is 33.6 Å². The third-order valence-corrected chi connectivity index (χ3v) is 2.75. The fraction of sp³-hybridized carbons (Fsp3) is 0.818. The van der Waals surface area contributed by atoms with Crippen LogP contribution in [0.2, 0.25) is 0 Å². The number of carbonyl (C=O) groups excluding carboxylic acids is 1. The van der Waals surface area contributed by atoms with Gasteiger partial charge in [-0.2, -0.15) is 0 Å². The number of hydrogen-bond acceptors (Lipinski definition) is 2. The minimum Gasteiger partial charge on any atom is -0.465 e. The SMILES string of the molecule is CC(C)(C)N(C(=O)O)[C@@H]1CCCC(=O)C1. The number of ketones is 1. The van der Waals surface area contributed by atoms with E-state index in [4.69, 9.17) is 5.11 Å². The van der Waals surface area contributed by atoms with E-state index in [1.54, 1.807) is 0 Å². The van der Waals surface area contributed by atoms with Crippen LogP contribution in [0.4, 0.5) is 4.79 Å². The van der Waals surface area contributed by atoms with E-state index in [0.717, 1.165) is 12.8 Å². The number of rotatable bonds is 1. The van der Waals surface area contributed by atoms with Gasteiger partial charge >= 0.3 is 6.09 Å². The first-order chi connectivity index (χ1) is 6.82. The normalized spacial score (nSPS) is 22.6. The van der Waals surface area contributed by atoms with Crippen molar-refractivity contribution in [2.75, 3.05) is 0 Å². The molecule has 0 spiro atoms. The molecule has 0 saturated heterocycles. The van der Waals surface area contributed by atoms with Crippen LogP contribution >= 0.6 is 0 Å². The molecule has 86 valence electrons. The van der Waals surface area contributed by atoms with Crippen molar-refractivity contribution < 1.29 is 14.7 Å². The summed E-state index contributed by atoms with van der Waals surface area (Å²) in [5, 5.41) is 9.16. The highest BCUT2D eigenvalue weighted by atomic mass is 16.4.